The molecular formula is C21H20N2O4S. The van der Waals surface area contributed by atoms with Gasteiger partial charge >= 0.3 is 11.9 Å². The van der Waals surface area contributed by atoms with E-state index in [1.54, 1.807) is 62.4 Å². The third kappa shape index (κ3) is 4.37. The lowest BCUT2D eigenvalue weighted by atomic mass is 9.95. The quantitative estimate of drug-likeness (QED) is 0.456. The Balaban J connectivity index is 1.81. The minimum Gasteiger partial charge on any atom is -0.463 e. The van der Waals surface area contributed by atoms with Crippen LogP contribution in [0, 0.1) is 0 Å². The molecule has 0 aromatic heterocycles. The SMILES string of the molecule is CCOC(=O)C1=C(C)NC(=S)N[C@@H]1c1ccc(OC(=O)c2ccccc2)cc1. The van der Waals surface area contributed by atoms with Crippen LogP contribution in [0.25, 0.3) is 0 Å². The highest BCUT2D eigenvalue weighted by Crippen LogP contribution is 2.29. The maximum atomic E-state index is 12.4. The third-order valence-corrected chi connectivity index (χ3v) is 4.42. The van der Waals surface area contributed by atoms with Gasteiger partial charge in [-0.2, -0.15) is 0 Å². The Hall–Kier alpha value is -3.19. The normalized spacial score (nSPS) is 16.1. The minimum atomic E-state index is -0.452. The Morgan fingerprint density at radius 2 is 1.71 bits per heavy atom. The van der Waals surface area contributed by atoms with Gasteiger partial charge in [-0.15, -0.1) is 0 Å². The second-order valence-electron chi connectivity index (χ2n) is 6.12. The van der Waals surface area contributed by atoms with Gasteiger partial charge in [-0.3, -0.25) is 0 Å². The van der Waals surface area contributed by atoms with Gasteiger partial charge < -0.3 is 20.1 Å². The smallest absolute Gasteiger partial charge is 0.343 e. The van der Waals surface area contributed by atoms with Crippen LogP contribution in [0.2, 0.25) is 0 Å². The Morgan fingerprint density at radius 1 is 1.04 bits per heavy atom. The van der Waals surface area contributed by atoms with Crippen LogP contribution in [0.3, 0.4) is 0 Å². The highest BCUT2D eigenvalue weighted by atomic mass is 32.1. The fourth-order valence-corrected chi connectivity index (χ4v) is 3.16. The number of hydrogen-bond acceptors (Lipinski definition) is 5. The summed E-state index contributed by atoms with van der Waals surface area (Å²) in [6.07, 6.45) is 0. The minimum absolute atomic E-state index is 0.279. The lowest BCUT2D eigenvalue weighted by Gasteiger charge is -2.29. The molecule has 2 N–H and O–H groups in total. The molecule has 1 aliphatic rings. The van der Waals surface area contributed by atoms with Crippen molar-refractivity contribution in [2.45, 2.75) is 19.9 Å². The van der Waals surface area contributed by atoms with Crippen molar-refractivity contribution in [2.24, 2.45) is 0 Å². The van der Waals surface area contributed by atoms with Crippen molar-refractivity contribution in [1.82, 2.24) is 10.6 Å². The van der Waals surface area contributed by atoms with Gasteiger partial charge in [0.15, 0.2) is 5.11 Å². The third-order valence-electron chi connectivity index (χ3n) is 4.20. The molecule has 0 spiro atoms. The summed E-state index contributed by atoms with van der Waals surface area (Å²) in [6, 6.07) is 15.2. The molecule has 0 fully saturated rings. The van der Waals surface area contributed by atoms with Crippen LogP contribution < -0.4 is 15.4 Å². The van der Waals surface area contributed by atoms with E-state index < -0.39 is 18.0 Å². The summed E-state index contributed by atoms with van der Waals surface area (Å²) in [6.45, 7) is 3.82. The molecule has 1 atom stereocenters. The summed E-state index contributed by atoms with van der Waals surface area (Å²) in [5.74, 6) is -0.433. The van der Waals surface area contributed by atoms with Crippen LogP contribution in [0.4, 0.5) is 0 Å². The number of allylic oxidation sites excluding steroid dienone is 1. The zero-order valence-corrected chi connectivity index (χ0v) is 16.3. The number of nitrogens with one attached hydrogen (secondary N) is 2. The van der Waals surface area contributed by atoms with E-state index in [1.807, 2.05) is 6.07 Å². The van der Waals surface area contributed by atoms with Gasteiger partial charge in [-0.05, 0) is 55.9 Å². The molecule has 2 aromatic carbocycles. The van der Waals surface area contributed by atoms with Crippen LogP contribution in [0.15, 0.2) is 65.9 Å². The van der Waals surface area contributed by atoms with E-state index in [-0.39, 0.29) is 6.61 Å². The monoisotopic (exact) mass is 396 g/mol. The standard InChI is InChI=1S/C21H20N2O4S/c1-3-26-20(25)17-13(2)22-21(28)23-18(17)14-9-11-16(12-10-14)27-19(24)15-7-5-4-6-8-15/h4-12,18H,3H2,1-2H3,(H2,22,23,28)/t18-/m1/s1. The summed E-state index contributed by atoms with van der Waals surface area (Å²) in [5, 5.41) is 6.47. The van der Waals surface area contributed by atoms with Crippen molar-refractivity contribution in [3.8, 4) is 5.75 Å². The molecule has 0 amide bonds. The highest BCUT2D eigenvalue weighted by molar-refractivity contribution is 7.80. The second-order valence-corrected chi connectivity index (χ2v) is 6.52. The number of carbonyl (C=O) groups is 2. The predicted molar refractivity (Wildman–Crippen MR) is 109 cm³/mol. The first-order valence-corrected chi connectivity index (χ1v) is 9.23. The number of esters is 2. The fourth-order valence-electron chi connectivity index (χ4n) is 2.89. The van der Waals surface area contributed by atoms with Gasteiger partial charge in [-0.25, -0.2) is 9.59 Å². The Kier molecular flexibility index (Phi) is 6.06. The molecule has 28 heavy (non-hydrogen) atoms. The molecular weight excluding hydrogens is 376 g/mol. The van der Waals surface area contributed by atoms with E-state index in [4.69, 9.17) is 21.7 Å². The largest absolute Gasteiger partial charge is 0.463 e. The topological polar surface area (TPSA) is 76.7 Å². The lowest BCUT2D eigenvalue weighted by molar-refractivity contribution is -0.139. The Morgan fingerprint density at radius 3 is 2.36 bits per heavy atom. The number of ether oxygens (including phenoxy) is 2. The number of carbonyl (C=O) groups excluding carboxylic acids is 2. The molecule has 3 rings (SSSR count). The maximum Gasteiger partial charge on any atom is 0.343 e. The van der Waals surface area contributed by atoms with Crippen LogP contribution in [-0.2, 0) is 9.53 Å². The second kappa shape index (κ2) is 8.67. The Labute approximate surface area is 168 Å². The molecule has 144 valence electrons. The molecule has 1 heterocycles. The van der Waals surface area contributed by atoms with Crippen molar-refractivity contribution >= 4 is 29.3 Å². The number of thiocarbonyl (C=S) groups is 1. The van der Waals surface area contributed by atoms with Gasteiger partial charge in [-0.1, -0.05) is 30.3 Å². The van der Waals surface area contributed by atoms with E-state index in [0.717, 1.165) is 5.56 Å². The zero-order chi connectivity index (χ0) is 20.1. The van der Waals surface area contributed by atoms with Crippen molar-refractivity contribution in [3.05, 3.63) is 77.0 Å². The first-order chi connectivity index (χ1) is 13.5. The predicted octanol–water partition coefficient (Wildman–Crippen LogP) is 3.26. The number of hydrogen-bond donors (Lipinski definition) is 2. The lowest BCUT2D eigenvalue weighted by Crippen LogP contribution is -2.45. The average molecular weight is 396 g/mol. The summed E-state index contributed by atoms with van der Waals surface area (Å²) in [4.78, 5) is 24.6. The van der Waals surface area contributed by atoms with Crippen molar-refractivity contribution in [1.29, 1.82) is 0 Å². The first kappa shape index (κ1) is 19.6. The van der Waals surface area contributed by atoms with Gasteiger partial charge in [0, 0.05) is 5.70 Å². The van der Waals surface area contributed by atoms with Crippen LogP contribution in [0.5, 0.6) is 5.75 Å². The van der Waals surface area contributed by atoms with Crippen molar-refractivity contribution in [3.63, 3.8) is 0 Å². The Bertz CT molecular complexity index is 923. The van der Waals surface area contributed by atoms with Gasteiger partial charge in [0.2, 0.25) is 0 Å². The van der Waals surface area contributed by atoms with Crippen molar-refractivity contribution < 1.29 is 19.1 Å². The molecule has 0 unspecified atom stereocenters. The summed E-state index contributed by atoms with van der Waals surface area (Å²) in [5.41, 5.74) is 2.38. The zero-order valence-electron chi connectivity index (χ0n) is 15.5. The van der Waals surface area contributed by atoms with E-state index >= 15 is 0 Å². The summed E-state index contributed by atoms with van der Waals surface area (Å²) in [7, 11) is 0. The van der Waals surface area contributed by atoms with Crippen LogP contribution in [0.1, 0.15) is 35.8 Å². The molecule has 6 nitrogen and oxygen atoms in total. The molecule has 7 heteroatoms. The van der Waals surface area contributed by atoms with Crippen LogP contribution in [-0.4, -0.2) is 23.7 Å². The van der Waals surface area contributed by atoms with E-state index in [0.29, 0.717) is 27.7 Å². The fraction of sp³-hybridized carbons (Fsp3) is 0.190. The van der Waals surface area contributed by atoms with E-state index in [9.17, 15) is 9.59 Å². The average Bonchev–Trinajstić information content (AvgIpc) is 2.68. The number of rotatable bonds is 5. The molecule has 2 aromatic rings. The van der Waals surface area contributed by atoms with E-state index in [1.165, 1.54) is 0 Å². The van der Waals surface area contributed by atoms with Gasteiger partial charge in [0.05, 0.1) is 23.8 Å². The molecule has 0 radical (unpaired) electrons. The summed E-state index contributed by atoms with van der Waals surface area (Å²) >= 11 is 5.22. The van der Waals surface area contributed by atoms with Crippen LogP contribution >= 0.6 is 12.2 Å². The highest BCUT2D eigenvalue weighted by Gasteiger charge is 2.30. The van der Waals surface area contributed by atoms with E-state index in [2.05, 4.69) is 10.6 Å². The molecule has 0 saturated heterocycles. The molecule has 0 aliphatic carbocycles. The number of benzene rings is 2. The maximum absolute atomic E-state index is 12.4. The first-order valence-electron chi connectivity index (χ1n) is 8.82. The van der Waals surface area contributed by atoms with Gasteiger partial charge in [0.25, 0.3) is 0 Å². The summed E-state index contributed by atoms with van der Waals surface area (Å²) < 4.78 is 10.6. The molecule has 1 aliphatic heterocycles. The molecule has 0 bridgehead atoms. The van der Waals surface area contributed by atoms with Gasteiger partial charge in [0.1, 0.15) is 5.75 Å². The van der Waals surface area contributed by atoms with Crippen molar-refractivity contribution in [2.75, 3.05) is 6.61 Å². The molecule has 0 saturated carbocycles.